The first kappa shape index (κ1) is 27.8. The van der Waals surface area contributed by atoms with Gasteiger partial charge in [0.05, 0.1) is 0 Å². The van der Waals surface area contributed by atoms with Gasteiger partial charge in [-0.25, -0.2) is 0 Å². The third kappa shape index (κ3) is 4.51. The van der Waals surface area contributed by atoms with Crippen LogP contribution in [-0.2, 0) is 31.1 Å². The van der Waals surface area contributed by atoms with E-state index in [1.165, 1.54) is 31.9 Å². The first-order valence-corrected chi connectivity index (χ1v) is 12.7. The summed E-state index contributed by atoms with van der Waals surface area (Å²) in [6.07, 6.45) is -0.567. The Labute approximate surface area is 219 Å². The minimum absolute atomic E-state index is 0.0639. The minimum atomic E-state index is -5.17. The Kier molecular flexibility index (Phi) is 6.55. The highest BCUT2D eigenvalue weighted by Gasteiger charge is 2.70. The van der Waals surface area contributed by atoms with E-state index in [-0.39, 0.29) is 30.2 Å². The molecule has 5 atom stereocenters. The van der Waals surface area contributed by atoms with Crippen molar-refractivity contribution in [3.05, 3.63) is 29.6 Å². The molecular weight excluding hydrogens is 503 g/mol. The number of likely N-dealkylation sites (tertiary alicyclic amines) is 1. The zero-order chi connectivity index (χ0) is 28.4. The predicted molar refractivity (Wildman–Crippen MR) is 130 cm³/mol. The van der Waals surface area contributed by atoms with Gasteiger partial charge in [0, 0.05) is 24.5 Å². The lowest BCUT2D eigenvalue weighted by Crippen LogP contribution is -2.63. The third-order valence-corrected chi connectivity index (χ3v) is 8.53. The molecule has 12 heteroatoms. The van der Waals surface area contributed by atoms with Crippen LogP contribution < -0.4 is 16.4 Å². The fourth-order valence-electron chi connectivity index (χ4n) is 6.28. The summed E-state index contributed by atoms with van der Waals surface area (Å²) in [6.45, 7) is 8.68. The van der Waals surface area contributed by atoms with Gasteiger partial charge in [-0.15, -0.1) is 0 Å². The predicted octanol–water partition coefficient (Wildman–Crippen LogP) is 1.79. The average Bonchev–Trinajstić information content (AvgIpc) is 3.14. The van der Waals surface area contributed by atoms with E-state index in [4.69, 9.17) is 5.73 Å². The third-order valence-electron chi connectivity index (χ3n) is 8.53. The van der Waals surface area contributed by atoms with Gasteiger partial charge in [0.1, 0.15) is 17.6 Å². The Hall–Kier alpha value is -3.18. The molecule has 38 heavy (non-hydrogen) atoms. The number of fused-ring (bicyclic) bond motifs is 2. The smallest absolute Gasteiger partial charge is 0.367 e. The van der Waals surface area contributed by atoms with Gasteiger partial charge in [-0.05, 0) is 53.6 Å². The van der Waals surface area contributed by atoms with Crippen LogP contribution in [0.4, 0.5) is 13.2 Å². The minimum Gasteiger partial charge on any atom is -0.367 e. The van der Waals surface area contributed by atoms with Gasteiger partial charge in [-0.2, -0.15) is 13.2 Å². The monoisotopic (exact) mass is 537 g/mol. The molecule has 1 aliphatic heterocycles. The van der Waals surface area contributed by atoms with Gasteiger partial charge in [0.15, 0.2) is 0 Å². The van der Waals surface area contributed by atoms with Gasteiger partial charge in [-0.1, -0.05) is 34.6 Å². The largest absolute Gasteiger partial charge is 0.471 e. The number of carbonyl (C=O) groups excluding carboxylic acids is 4. The van der Waals surface area contributed by atoms with Crippen molar-refractivity contribution in [2.45, 2.75) is 77.7 Å². The Morgan fingerprint density at radius 2 is 1.84 bits per heavy atom. The quantitative estimate of drug-likeness (QED) is 0.527. The molecule has 0 radical (unpaired) electrons. The van der Waals surface area contributed by atoms with E-state index in [9.17, 15) is 32.3 Å². The number of nitrogens with one attached hydrogen (secondary N) is 2. The Bertz CT molecular complexity index is 1180. The fourth-order valence-corrected chi connectivity index (χ4v) is 6.28. The summed E-state index contributed by atoms with van der Waals surface area (Å²) < 4.78 is 39.2. The van der Waals surface area contributed by atoms with Gasteiger partial charge in [-0.3, -0.25) is 24.2 Å². The summed E-state index contributed by atoms with van der Waals surface area (Å²) >= 11 is 0. The van der Waals surface area contributed by atoms with Crippen LogP contribution in [0.3, 0.4) is 0 Å². The van der Waals surface area contributed by atoms with Gasteiger partial charge in [0.25, 0.3) is 0 Å². The van der Waals surface area contributed by atoms with Crippen molar-refractivity contribution in [3.63, 3.8) is 0 Å². The molecule has 4 amide bonds. The van der Waals surface area contributed by atoms with Crippen LogP contribution in [0.2, 0.25) is 0 Å². The van der Waals surface area contributed by atoms with Crippen molar-refractivity contribution in [3.8, 4) is 0 Å². The number of hydrogen-bond acceptors (Lipinski definition) is 5. The molecule has 4 rings (SSSR count). The summed E-state index contributed by atoms with van der Waals surface area (Å²) in [7, 11) is 0. The number of aromatic nitrogens is 1. The number of nitrogens with zero attached hydrogens (tertiary/aromatic N) is 2. The SMILES string of the molecule is CC(C)(C)C(NC(=O)C(F)(F)F)C(=O)N1C[C@H]2[C@@H]([C@H]1C(=O)NC1(C(N)=O)CCCc3ccncc31)C2(C)C. The molecule has 208 valence electrons. The standard InChI is InChI=1S/C26H34F3N5O4/c1-23(2,3)18(32-22(38)26(27,28)29)20(36)34-12-15-16(24(15,4)5)17(34)19(35)33-25(21(30)37)9-6-7-13-8-10-31-11-14(13)25/h8,10-11,15-18H,6-7,9,12H2,1-5H3,(H2,30,37)(H,32,38)(H,33,35)/t15-,16-,17-,18?,25?/m0/s1. The summed E-state index contributed by atoms with van der Waals surface area (Å²) in [4.78, 5) is 57.6. The molecule has 4 N–H and O–H groups in total. The van der Waals surface area contributed by atoms with E-state index < -0.39 is 52.8 Å². The summed E-state index contributed by atoms with van der Waals surface area (Å²) in [5, 5.41) is 4.67. The summed E-state index contributed by atoms with van der Waals surface area (Å²) in [5.74, 6) is -4.71. The summed E-state index contributed by atoms with van der Waals surface area (Å²) in [5.41, 5.74) is 4.27. The second kappa shape index (κ2) is 8.94. The highest BCUT2D eigenvalue weighted by molar-refractivity contribution is 5.98. The van der Waals surface area contributed by atoms with Gasteiger partial charge >= 0.3 is 12.1 Å². The van der Waals surface area contributed by atoms with Crippen LogP contribution >= 0.6 is 0 Å². The molecule has 0 aromatic carbocycles. The Balaban J connectivity index is 1.67. The van der Waals surface area contributed by atoms with Crippen molar-refractivity contribution in [1.29, 1.82) is 0 Å². The van der Waals surface area contributed by atoms with Crippen LogP contribution in [0.5, 0.6) is 0 Å². The molecule has 3 aliphatic rings. The first-order valence-electron chi connectivity index (χ1n) is 12.7. The number of nitrogens with two attached hydrogens (primary N) is 1. The summed E-state index contributed by atoms with van der Waals surface area (Å²) in [6, 6.07) is -0.813. The number of aryl methyl sites for hydroxylation is 1. The van der Waals surface area contributed by atoms with Crippen molar-refractivity contribution in [2.24, 2.45) is 28.4 Å². The normalized spacial score (nSPS) is 28.5. The van der Waals surface area contributed by atoms with Crippen LogP contribution in [0.25, 0.3) is 0 Å². The number of alkyl halides is 3. The number of rotatable bonds is 5. The van der Waals surface area contributed by atoms with Crippen LogP contribution in [0.15, 0.2) is 18.5 Å². The molecule has 1 aromatic rings. The molecule has 2 unspecified atom stereocenters. The molecule has 2 fully saturated rings. The maximum atomic E-state index is 13.9. The molecule has 2 aliphatic carbocycles. The second-order valence-electron chi connectivity index (χ2n) is 12.3. The van der Waals surface area contributed by atoms with Gasteiger partial charge in [0.2, 0.25) is 17.7 Å². The zero-order valence-corrected chi connectivity index (χ0v) is 22.1. The Morgan fingerprint density at radius 1 is 1.18 bits per heavy atom. The number of pyridine rings is 1. The van der Waals surface area contributed by atoms with Crippen LogP contribution in [0.1, 0.15) is 58.6 Å². The highest BCUT2D eigenvalue weighted by atomic mass is 19.4. The lowest BCUT2D eigenvalue weighted by Gasteiger charge is -2.40. The average molecular weight is 538 g/mol. The second-order valence-corrected chi connectivity index (χ2v) is 12.3. The molecule has 2 heterocycles. The molecular formula is C26H34F3N5O4. The van der Waals surface area contributed by atoms with Crippen molar-refractivity contribution in [1.82, 2.24) is 20.5 Å². The maximum Gasteiger partial charge on any atom is 0.471 e. The lowest BCUT2D eigenvalue weighted by molar-refractivity contribution is -0.176. The van der Waals surface area contributed by atoms with E-state index in [1.807, 2.05) is 19.2 Å². The van der Waals surface area contributed by atoms with E-state index in [2.05, 4.69) is 10.3 Å². The van der Waals surface area contributed by atoms with Gasteiger partial charge < -0.3 is 21.3 Å². The number of carbonyl (C=O) groups is 4. The van der Waals surface area contributed by atoms with Crippen LogP contribution in [-0.4, -0.2) is 58.3 Å². The molecule has 1 saturated carbocycles. The lowest BCUT2D eigenvalue weighted by atomic mass is 9.76. The zero-order valence-electron chi connectivity index (χ0n) is 22.1. The van der Waals surface area contributed by atoms with Crippen LogP contribution in [0, 0.1) is 22.7 Å². The van der Waals surface area contributed by atoms with Crippen molar-refractivity contribution < 1.29 is 32.3 Å². The number of piperidine rings is 1. The molecule has 1 saturated heterocycles. The highest BCUT2D eigenvalue weighted by Crippen LogP contribution is 2.65. The molecule has 0 bridgehead atoms. The van der Waals surface area contributed by atoms with E-state index in [0.29, 0.717) is 18.4 Å². The maximum absolute atomic E-state index is 13.9. The van der Waals surface area contributed by atoms with Crippen molar-refractivity contribution >= 4 is 23.6 Å². The first-order chi connectivity index (χ1) is 17.4. The topological polar surface area (TPSA) is 134 Å². The van der Waals surface area contributed by atoms with Crippen molar-refractivity contribution in [2.75, 3.05) is 6.54 Å². The molecule has 9 nitrogen and oxygen atoms in total. The van der Waals surface area contributed by atoms with E-state index >= 15 is 0 Å². The number of primary amides is 1. The van der Waals surface area contributed by atoms with E-state index in [0.717, 1.165) is 5.56 Å². The molecule has 1 aromatic heterocycles. The number of halogens is 3. The Morgan fingerprint density at radius 3 is 2.42 bits per heavy atom. The number of amides is 4. The molecule has 0 spiro atoms. The number of hydrogen-bond donors (Lipinski definition) is 3. The van der Waals surface area contributed by atoms with E-state index in [1.54, 1.807) is 12.3 Å². The fraction of sp³-hybridized carbons (Fsp3) is 0.654.